The molecule has 4 N–H and O–H groups in total. The average Bonchev–Trinajstić information content (AvgIpc) is 2.49. The van der Waals surface area contributed by atoms with Crippen LogP contribution < -0.4 is 16.4 Å². The Hall–Kier alpha value is -1.48. The molecule has 3 nitrogen and oxygen atoms in total. The topological polar surface area (TPSA) is 50.1 Å². The Labute approximate surface area is 141 Å². The molecule has 0 heterocycles. The van der Waals surface area contributed by atoms with E-state index in [-0.39, 0.29) is 17.2 Å². The molecule has 0 spiro atoms. The molecule has 0 radical (unpaired) electrons. The van der Waals surface area contributed by atoms with Gasteiger partial charge in [-0.1, -0.05) is 25.0 Å². The van der Waals surface area contributed by atoms with Crippen LogP contribution in [0.15, 0.2) is 24.3 Å². The van der Waals surface area contributed by atoms with E-state index in [2.05, 4.69) is 10.6 Å². The molecule has 0 aliphatic heterocycles. The van der Waals surface area contributed by atoms with Crippen LogP contribution in [0, 0.1) is 0 Å². The first-order chi connectivity index (χ1) is 11.1. The van der Waals surface area contributed by atoms with Gasteiger partial charge in [0.25, 0.3) is 0 Å². The lowest BCUT2D eigenvalue weighted by molar-refractivity contribution is -0.289. The summed E-state index contributed by atoms with van der Waals surface area (Å²) in [5.41, 5.74) is 5.19. The van der Waals surface area contributed by atoms with Crippen molar-refractivity contribution in [2.24, 2.45) is 5.73 Å². The van der Waals surface area contributed by atoms with Crippen LogP contribution in [0.1, 0.15) is 31.2 Å². The van der Waals surface area contributed by atoms with Gasteiger partial charge in [-0.3, -0.25) is 0 Å². The molecule has 1 aliphatic rings. The van der Waals surface area contributed by atoms with Gasteiger partial charge in [0.1, 0.15) is 0 Å². The summed E-state index contributed by atoms with van der Waals surface area (Å²) in [4.78, 5) is 0. The van der Waals surface area contributed by atoms with E-state index >= 15 is 0 Å². The highest BCUT2D eigenvalue weighted by Gasteiger charge is 2.58. The monoisotopic (exact) mass is 367 g/mol. The van der Waals surface area contributed by atoms with Crippen molar-refractivity contribution < 1.29 is 22.0 Å². The summed E-state index contributed by atoms with van der Waals surface area (Å²) in [5.74, 6) is -4.89. The Balaban J connectivity index is 1.97. The van der Waals surface area contributed by atoms with Crippen molar-refractivity contribution in [2.75, 3.05) is 5.32 Å². The molecule has 1 aromatic carbocycles. The predicted molar refractivity (Wildman–Crippen MR) is 86.0 cm³/mol. The molecule has 0 saturated heterocycles. The van der Waals surface area contributed by atoms with Crippen LogP contribution in [-0.4, -0.2) is 23.4 Å². The molecule has 1 saturated carbocycles. The van der Waals surface area contributed by atoms with Crippen LogP contribution >= 0.6 is 12.2 Å². The highest BCUT2D eigenvalue weighted by atomic mass is 32.1. The first-order valence-electron chi connectivity index (χ1n) is 7.49. The number of anilines is 1. The van der Waals surface area contributed by atoms with Crippen LogP contribution in [0.25, 0.3) is 0 Å². The van der Waals surface area contributed by atoms with E-state index < -0.39 is 17.7 Å². The molecule has 0 aromatic heterocycles. The summed E-state index contributed by atoms with van der Waals surface area (Å²) in [7, 11) is 0. The lowest BCUT2D eigenvalue weighted by Gasteiger charge is -2.30. The molecule has 0 unspecified atom stereocenters. The van der Waals surface area contributed by atoms with Crippen molar-refractivity contribution in [1.29, 1.82) is 0 Å². The molecule has 0 amide bonds. The SMILES string of the molecule is N[C@@H]1CCCC[C@H]1NC(=S)Nc1ccc(C(F)(F)C(F)(F)F)cc1. The second kappa shape index (κ2) is 7.18. The molecule has 9 heteroatoms. The van der Waals surface area contributed by atoms with Gasteiger partial charge in [-0.15, -0.1) is 0 Å². The van der Waals surface area contributed by atoms with Gasteiger partial charge in [-0.2, -0.15) is 22.0 Å². The number of benzene rings is 1. The Morgan fingerprint density at radius 1 is 1.04 bits per heavy atom. The second-order valence-corrected chi connectivity index (χ2v) is 6.21. The maximum absolute atomic E-state index is 13.2. The summed E-state index contributed by atoms with van der Waals surface area (Å²) in [5, 5.41) is 6.08. The van der Waals surface area contributed by atoms with Gasteiger partial charge in [0, 0.05) is 23.3 Å². The number of hydrogen-bond donors (Lipinski definition) is 3. The first kappa shape index (κ1) is 18.9. The van der Waals surface area contributed by atoms with Gasteiger partial charge in [0.2, 0.25) is 0 Å². The molecule has 2 atom stereocenters. The van der Waals surface area contributed by atoms with Crippen LogP contribution in [0.3, 0.4) is 0 Å². The van der Waals surface area contributed by atoms with Gasteiger partial charge in [-0.05, 0) is 37.2 Å². The zero-order valence-corrected chi connectivity index (χ0v) is 13.5. The largest absolute Gasteiger partial charge is 0.458 e. The fourth-order valence-electron chi connectivity index (χ4n) is 2.60. The first-order valence-corrected chi connectivity index (χ1v) is 7.90. The number of rotatable bonds is 3. The Bertz CT molecular complexity index is 573. The lowest BCUT2D eigenvalue weighted by Crippen LogP contribution is -2.50. The molecule has 1 aliphatic carbocycles. The average molecular weight is 367 g/mol. The van der Waals surface area contributed by atoms with Gasteiger partial charge in [0.15, 0.2) is 5.11 Å². The standard InChI is InChI=1S/C15H18F5N3S/c16-14(17,15(18,19)20)9-5-7-10(8-6-9)22-13(24)23-12-4-2-1-3-11(12)21/h5-8,11-12H,1-4,21H2,(H2,22,23,24)/t11-,12-/m1/s1. The lowest BCUT2D eigenvalue weighted by atomic mass is 9.91. The molecular weight excluding hydrogens is 349 g/mol. The number of hydrogen-bond acceptors (Lipinski definition) is 2. The predicted octanol–water partition coefficient (Wildman–Crippen LogP) is 3.90. The molecule has 1 fully saturated rings. The normalized spacial score (nSPS) is 22.1. The van der Waals surface area contributed by atoms with Gasteiger partial charge >= 0.3 is 12.1 Å². The third-order valence-electron chi connectivity index (χ3n) is 4.00. The quantitative estimate of drug-likeness (QED) is 0.560. The summed E-state index contributed by atoms with van der Waals surface area (Å²) in [6.45, 7) is 0. The minimum absolute atomic E-state index is 0.0209. The minimum atomic E-state index is -5.63. The summed E-state index contributed by atoms with van der Waals surface area (Å²) < 4.78 is 63.4. The highest BCUT2D eigenvalue weighted by molar-refractivity contribution is 7.80. The summed E-state index contributed by atoms with van der Waals surface area (Å²) in [6, 6.07) is 3.71. The zero-order valence-electron chi connectivity index (χ0n) is 12.7. The maximum atomic E-state index is 13.2. The highest BCUT2D eigenvalue weighted by Crippen LogP contribution is 2.43. The van der Waals surface area contributed by atoms with E-state index in [4.69, 9.17) is 18.0 Å². The third kappa shape index (κ3) is 4.32. The van der Waals surface area contributed by atoms with Crippen LogP contribution in [-0.2, 0) is 5.92 Å². The maximum Gasteiger partial charge on any atom is 0.458 e. The molecule has 134 valence electrons. The van der Waals surface area contributed by atoms with Crippen molar-refractivity contribution >= 4 is 23.0 Å². The summed E-state index contributed by atoms with van der Waals surface area (Å²) in [6.07, 6.45) is -1.76. The zero-order chi connectivity index (χ0) is 18.0. The molecule has 1 aromatic rings. The van der Waals surface area contributed by atoms with Crippen LogP contribution in [0.5, 0.6) is 0 Å². The number of alkyl halides is 5. The fourth-order valence-corrected chi connectivity index (χ4v) is 2.87. The van der Waals surface area contributed by atoms with Crippen molar-refractivity contribution in [3.05, 3.63) is 29.8 Å². The number of nitrogens with one attached hydrogen (secondary N) is 2. The third-order valence-corrected chi connectivity index (χ3v) is 4.22. The van der Waals surface area contributed by atoms with Crippen LogP contribution in [0.4, 0.5) is 27.6 Å². The van der Waals surface area contributed by atoms with Crippen molar-refractivity contribution in [2.45, 2.75) is 49.9 Å². The Kier molecular flexibility index (Phi) is 5.64. The molecular formula is C15H18F5N3S. The van der Waals surface area contributed by atoms with Gasteiger partial charge in [0.05, 0.1) is 0 Å². The van der Waals surface area contributed by atoms with Crippen molar-refractivity contribution in [1.82, 2.24) is 5.32 Å². The fraction of sp³-hybridized carbons (Fsp3) is 0.533. The molecule has 0 bridgehead atoms. The van der Waals surface area contributed by atoms with E-state index in [0.717, 1.165) is 49.9 Å². The second-order valence-electron chi connectivity index (χ2n) is 5.80. The smallest absolute Gasteiger partial charge is 0.358 e. The van der Waals surface area contributed by atoms with Gasteiger partial charge < -0.3 is 16.4 Å². The van der Waals surface area contributed by atoms with E-state index in [1.165, 1.54) is 0 Å². The number of nitrogens with two attached hydrogens (primary N) is 1. The van der Waals surface area contributed by atoms with E-state index in [9.17, 15) is 22.0 Å². The summed E-state index contributed by atoms with van der Waals surface area (Å²) >= 11 is 5.13. The minimum Gasteiger partial charge on any atom is -0.358 e. The molecule has 2 rings (SSSR count). The van der Waals surface area contributed by atoms with Crippen molar-refractivity contribution in [3.8, 4) is 0 Å². The number of halogens is 5. The van der Waals surface area contributed by atoms with E-state index in [0.29, 0.717) is 5.69 Å². The van der Waals surface area contributed by atoms with E-state index in [1.807, 2.05) is 0 Å². The Morgan fingerprint density at radius 2 is 1.62 bits per heavy atom. The Morgan fingerprint density at radius 3 is 2.17 bits per heavy atom. The van der Waals surface area contributed by atoms with E-state index in [1.54, 1.807) is 0 Å². The van der Waals surface area contributed by atoms with Crippen LogP contribution in [0.2, 0.25) is 0 Å². The molecule has 24 heavy (non-hydrogen) atoms. The number of thiocarbonyl (C=S) groups is 1. The van der Waals surface area contributed by atoms with Gasteiger partial charge in [-0.25, -0.2) is 0 Å². The van der Waals surface area contributed by atoms with Crippen molar-refractivity contribution in [3.63, 3.8) is 0 Å².